The molecular weight excluding hydrogens is 352 g/mol. The molecule has 3 rings (SSSR count). The zero-order valence-electron chi connectivity index (χ0n) is 13.9. The van der Waals surface area contributed by atoms with E-state index in [9.17, 15) is 19.8 Å². The summed E-state index contributed by atoms with van der Waals surface area (Å²) in [6, 6.07) is 13.0. The van der Waals surface area contributed by atoms with Crippen molar-refractivity contribution in [3.8, 4) is 5.75 Å². The number of hydrogen-bond acceptors (Lipinski definition) is 5. The van der Waals surface area contributed by atoms with Crippen LogP contribution in [0.1, 0.15) is 17.0 Å². The van der Waals surface area contributed by atoms with Crippen LogP contribution in [-0.4, -0.2) is 33.1 Å². The van der Waals surface area contributed by atoms with Crippen molar-refractivity contribution >= 4 is 33.4 Å². The number of carboxylic acids is 1. The normalized spacial score (nSPS) is 12.0. The first kappa shape index (κ1) is 17.9. The van der Waals surface area contributed by atoms with Crippen LogP contribution in [0.3, 0.4) is 0 Å². The minimum Gasteiger partial charge on any atom is -0.508 e. The largest absolute Gasteiger partial charge is 0.508 e. The molecule has 3 aromatic rings. The lowest BCUT2D eigenvalue weighted by molar-refractivity contribution is -0.141. The standard InChI is InChI=1S/C19H18N2O4S/c22-13-7-5-12(6-8-13)11-15(19(24)25)20-17(23)9-10-18-21-14-3-1-2-4-16(14)26-18/h1-8,15,22H,9-11H2,(H,20,23)(H,24,25). The van der Waals surface area contributed by atoms with Gasteiger partial charge in [0.05, 0.1) is 15.2 Å². The van der Waals surface area contributed by atoms with Gasteiger partial charge in [0.15, 0.2) is 0 Å². The average Bonchev–Trinajstić information content (AvgIpc) is 3.04. The number of amides is 1. The Labute approximate surface area is 154 Å². The second-order valence-corrected chi connectivity index (χ2v) is 7.02. The van der Waals surface area contributed by atoms with Gasteiger partial charge >= 0.3 is 5.97 Å². The van der Waals surface area contributed by atoms with Crippen LogP contribution >= 0.6 is 11.3 Å². The molecule has 0 aliphatic rings. The van der Waals surface area contributed by atoms with E-state index in [0.717, 1.165) is 20.8 Å². The molecule has 134 valence electrons. The van der Waals surface area contributed by atoms with Gasteiger partial charge in [-0.2, -0.15) is 0 Å². The number of nitrogens with one attached hydrogen (secondary N) is 1. The number of thiazole rings is 1. The van der Waals surface area contributed by atoms with Crippen LogP contribution < -0.4 is 5.32 Å². The number of carbonyl (C=O) groups excluding carboxylic acids is 1. The van der Waals surface area contributed by atoms with Crippen molar-refractivity contribution in [1.29, 1.82) is 0 Å². The van der Waals surface area contributed by atoms with Gasteiger partial charge in [-0.05, 0) is 29.8 Å². The van der Waals surface area contributed by atoms with Crippen molar-refractivity contribution < 1.29 is 19.8 Å². The highest BCUT2D eigenvalue weighted by atomic mass is 32.1. The molecule has 0 spiro atoms. The van der Waals surface area contributed by atoms with Crippen molar-refractivity contribution in [2.75, 3.05) is 0 Å². The van der Waals surface area contributed by atoms with E-state index in [2.05, 4.69) is 10.3 Å². The number of carbonyl (C=O) groups is 2. The summed E-state index contributed by atoms with van der Waals surface area (Å²) in [5.41, 5.74) is 1.63. The Bertz CT molecular complexity index is 888. The van der Waals surface area contributed by atoms with Gasteiger partial charge in [0.25, 0.3) is 0 Å². The van der Waals surface area contributed by atoms with Crippen molar-refractivity contribution in [3.05, 3.63) is 59.1 Å². The Balaban J connectivity index is 1.57. The fourth-order valence-corrected chi connectivity index (χ4v) is 3.55. The van der Waals surface area contributed by atoms with Crippen LogP contribution in [0.25, 0.3) is 10.2 Å². The highest BCUT2D eigenvalue weighted by molar-refractivity contribution is 7.18. The van der Waals surface area contributed by atoms with Crippen LogP contribution in [-0.2, 0) is 22.4 Å². The van der Waals surface area contributed by atoms with Gasteiger partial charge in [0.2, 0.25) is 5.91 Å². The summed E-state index contributed by atoms with van der Waals surface area (Å²) in [7, 11) is 0. The van der Waals surface area contributed by atoms with Crippen molar-refractivity contribution in [1.82, 2.24) is 10.3 Å². The van der Waals surface area contributed by atoms with Gasteiger partial charge in [0.1, 0.15) is 11.8 Å². The molecule has 0 aliphatic carbocycles. The topological polar surface area (TPSA) is 99.5 Å². The van der Waals surface area contributed by atoms with Crippen LogP contribution in [0.15, 0.2) is 48.5 Å². The van der Waals surface area contributed by atoms with Crippen LogP contribution in [0.4, 0.5) is 0 Å². The number of aryl methyl sites for hydroxylation is 1. The lowest BCUT2D eigenvalue weighted by Gasteiger charge is -2.14. The Hall–Kier alpha value is -2.93. The minimum absolute atomic E-state index is 0.112. The van der Waals surface area contributed by atoms with Crippen LogP contribution in [0, 0.1) is 0 Å². The summed E-state index contributed by atoms with van der Waals surface area (Å²) in [4.78, 5) is 28.1. The maximum Gasteiger partial charge on any atom is 0.326 e. The Morgan fingerprint density at radius 3 is 2.54 bits per heavy atom. The summed E-state index contributed by atoms with van der Waals surface area (Å²) in [6.07, 6.45) is 0.804. The van der Waals surface area contributed by atoms with E-state index in [-0.39, 0.29) is 24.5 Å². The number of hydrogen-bond donors (Lipinski definition) is 3. The molecule has 7 heteroatoms. The average molecular weight is 370 g/mol. The molecule has 26 heavy (non-hydrogen) atoms. The number of rotatable bonds is 7. The summed E-state index contributed by atoms with van der Waals surface area (Å²) < 4.78 is 1.07. The van der Waals surface area contributed by atoms with Crippen molar-refractivity contribution in [2.24, 2.45) is 0 Å². The van der Waals surface area contributed by atoms with E-state index in [0.29, 0.717) is 6.42 Å². The Morgan fingerprint density at radius 2 is 1.85 bits per heavy atom. The summed E-state index contributed by atoms with van der Waals surface area (Å²) in [5, 5.41) is 22.0. The Morgan fingerprint density at radius 1 is 1.12 bits per heavy atom. The van der Waals surface area contributed by atoms with Gasteiger partial charge in [-0.3, -0.25) is 4.79 Å². The second-order valence-electron chi connectivity index (χ2n) is 5.90. The van der Waals surface area contributed by atoms with Gasteiger partial charge in [-0.1, -0.05) is 24.3 Å². The zero-order valence-corrected chi connectivity index (χ0v) is 14.7. The number of aliphatic carboxylic acids is 1. The first-order valence-corrected chi connectivity index (χ1v) is 8.97. The molecule has 0 radical (unpaired) electrons. The van der Waals surface area contributed by atoms with E-state index < -0.39 is 12.0 Å². The van der Waals surface area contributed by atoms with Gasteiger partial charge in [0, 0.05) is 19.3 Å². The highest BCUT2D eigenvalue weighted by Crippen LogP contribution is 2.22. The van der Waals surface area contributed by atoms with E-state index in [1.165, 1.54) is 23.5 Å². The molecule has 0 saturated heterocycles. The molecule has 3 N–H and O–H groups in total. The number of para-hydroxylation sites is 1. The third kappa shape index (κ3) is 4.58. The summed E-state index contributed by atoms with van der Waals surface area (Å²) >= 11 is 1.54. The van der Waals surface area contributed by atoms with Crippen LogP contribution in [0.2, 0.25) is 0 Å². The number of nitrogens with zero attached hydrogens (tertiary/aromatic N) is 1. The maximum atomic E-state index is 12.2. The molecule has 1 aromatic heterocycles. The molecule has 1 atom stereocenters. The van der Waals surface area contributed by atoms with E-state index >= 15 is 0 Å². The van der Waals surface area contributed by atoms with E-state index in [1.54, 1.807) is 12.1 Å². The first-order chi connectivity index (χ1) is 12.5. The molecule has 1 heterocycles. The van der Waals surface area contributed by atoms with E-state index in [4.69, 9.17) is 0 Å². The lowest BCUT2D eigenvalue weighted by Crippen LogP contribution is -2.42. The fraction of sp³-hybridized carbons (Fsp3) is 0.211. The smallest absolute Gasteiger partial charge is 0.326 e. The summed E-state index contributed by atoms with van der Waals surface area (Å²) in [6.45, 7) is 0. The van der Waals surface area contributed by atoms with Crippen LogP contribution in [0.5, 0.6) is 5.75 Å². The Kier molecular flexibility index (Phi) is 5.48. The number of aromatic nitrogens is 1. The number of aromatic hydroxyl groups is 1. The number of carboxylic acid groups (broad SMARTS) is 1. The third-order valence-corrected chi connectivity index (χ3v) is 5.01. The molecule has 0 saturated carbocycles. The lowest BCUT2D eigenvalue weighted by atomic mass is 10.1. The number of benzene rings is 2. The molecule has 2 aromatic carbocycles. The van der Waals surface area contributed by atoms with E-state index in [1.807, 2.05) is 24.3 Å². The molecule has 6 nitrogen and oxygen atoms in total. The number of phenols is 1. The van der Waals surface area contributed by atoms with Crippen molar-refractivity contribution in [3.63, 3.8) is 0 Å². The predicted molar refractivity (Wildman–Crippen MR) is 99.3 cm³/mol. The summed E-state index contributed by atoms with van der Waals surface area (Å²) in [5.74, 6) is -1.30. The monoisotopic (exact) mass is 370 g/mol. The minimum atomic E-state index is -1.09. The SMILES string of the molecule is O=C(CCc1nc2ccccc2s1)NC(Cc1ccc(O)cc1)C(=O)O. The fourth-order valence-electron chi connectivity index (χ4n) is 2.58. The maximum absolute atomic E-state index is 12.2. The first-order valence-electron chi connectivity index (χ1n) is 8.16. The molecular formula is C19H18N2O4S. The molecule has 1 amide bonds. The number of fused-ring (bicyclic) bond motifs is 1. The quantitative estimate of drug-likeness (QED) is 0.594. The second kappa shape index (κ2) is 7.97. The zero-order chi connectivity index (χ0) is 18.5. The van der Waals surface area contributed by atoms with Gasteiger partial charge in [-0.15, -0.1) is 11.3 Å². The third-order valence-electron chi connectivity index (χ3n) is 3.91. The van der Waals surface area contributed by atoms with Gasteiger partial charge < -0.3 is 15.5 Å². The predicted octanol–water partition coefficient (Wildman–Crippen LogP) is 2.75. The van der Waals surface area contributed by atoms with Crippen molar-refractivity contribution in [2.45, 2.75) is 25.3 Å². The molecule has 0 fully saturated rings. The molecule has 0 bridgehead atoms. The highest BCUT2D eigenvalue weighted by Gasteiger charge is 2.20. The molecule has 1 unspecified atom stereocenters. The molecule has 0 aliphatic heterocycles. The number of phenolic OH excluding ortho intramolecular Hbond substituents is 1. The van der Waals surface area contributed by atoms with Gasteiger partial charge in [-0.25, -0.2) is 9.78 Å².